The third-order valence-corrected chi connectivity index (χ3v) is 3.93. The summed E-state index contributed by atoms with van der Waals surface area (Å²) in [5.74, 6) is 6.87. The molecule has 1 aromatic carbocycles. The first-order valence-corrected chi connectivity index (χ1v) is 7.64. The first-order chi connectivity index (χ1) is 10.2. The number of thiophene rings is 1. The minimum atomic E-state index is 0.112. The molecule has 2 rings (SSSR count). The van der Waals surface area contributed by atoms with Crippen molar-refractivity contribution in [2.75, 3.05) is 25.7 Å². The fraction of sp³-hybridized carbons (Fsp3) is 0.294. The van der Waals surface area contributed by atoms with Crippen molar-refractivity contribution in [1.82, 2.24) is 0 Å². The second-order valence-electron chi connectivity index (χ2n) is 4.60. The van der Waals surface area contributed by atoms with Crippen LogP contribution in [0.2, 0.25) is 0 Å². The number of rotatable bonds is 5. The van der Waals surface area contributed by atoms with Gasteiger partial charge in [0, 0.05) is 29.3 Å². The highest BCUT2D eigenvalue weighted by Gasteiger charge is 2.08. The van der Waals surface area contributed by atoms with Gasteiger partial charge in [-0.3, -0.25) is 0 Å². The van der Waals surface area contributed by atoms with Crippen LogP contribution in [0.1, 0.15) is 16.9 Å². The van der Waals surface area contributed by atoms with Gasteiger partial charge in [0.15, 0.2) is 0 Å². The molecule has 2 aromatic rings. The molecular formula is C17H19NO2S. The normalized spacial score (nSPS) is 9.86. The van der Waals surface area contributed by atoms with Crippen molar-refractivity contribution in [2.45, 2.75) is 13.0 Å². The molecule has 1 aromatic heterocycles. The molecule has 0 spiro atoms. The topological polar surface area (TPSA) is 32.7 Å². The molecule has 0 fully saturated rings. The molecule has 3 nitrogen and oxygen atoms in total. The Balaban J connectivity index is 2.06. The second-order valence-corrected chi connectivity index (χ2v) is 5.60. The van der Waals surface area contributed by atoms with Crippen molar-refractivity contribution in [3.8, 4) is 17.6 Å². The lowest BCUT2D eigenvalue weighted by Crippen LogP contribution is -2.16. The number of para-hydroxylation sites is 2. The summed E-state index contributed by atoms with van der Waals surface area (Å²) in [5.41, 5.74) is 2.08. The van der Waals surface area contributed by atoms with E-state index < -0.39 is 0 Å². The van der Waals surface area contributed by atoms with Crippen LogP contribution in [0.4, 0.5) is 5.69 Å². The Morgan fingerprint density at radius 1 is 1.33 bits per heavy atom. The zero-order valence-corrected chi connectivity index (χ0v) is 13.1. The molecule has 4 heteroatoms. The van der Waals surface area contributed by atoms with Crippen LogP contribution in [0, 0.1) is 11.8 Å². The molecule has 0 aliphatic heterocycles. The third-order valence-electron chi connectivity index (χ3n) is 3.01. The van der Waals surface area contributed by atoms with Gasteiger partial charge in [-0.25, -0.2) is 0 Å². The molecule has 1 heterocycles. The van der Waals surface area contributed by atoms with Crippen LogP contribution >= 0.6 is 11.3 Å². The lowest BCUT2D eigenvalue weighted by atomic mass is 10.2. The molecule has 0 radical (unpaired) electrons. The Bertz CT molecular complexity index is 639. The molecule has 0 bridgehead atoms. The van der Waals surface area contributed by atoms with E-state index in [-0.39, 0.29) is 6.61 Å². The minimum Gasteiger partial charge on any atom is -0.495 e. The van der Waals surface area contributed by atoms with Crippen molar-refractivity contribution in [2.24, 2.45) is 0 Å². The minimum absolute atomic E-state index is 0.112. The molecule has 0 unspecified atom stereocenters. The number of aliphatic hydroxyl groups is 1. The van der Waals surface area contributed by atoms with E-state index in [4.69, 9.17) is 9.84 Å². The lowest BCUT2D eigenvalue weighted by molar-refractivity contribution is 0.305. The van der Waals surface area contributed by atoms with Gasteiger partial charge in [-0.2, -0.15) is 0 Å². The summed E-state index contributed by atoms with van der Waals surface area (Å²) in [7, 11) is 3.74. The fourth-order valence-electron chi connectivity index (χ4n) is 2.01. The van der Waals surface area contributed by atoms with Gasteiger partial charge in [0.2, 0.25) is 0 Å². The summed E-state index contributed by atoms with van der Waals surface area (Å²) in [4.78, 5) is 3.41. The van der Waals surface area contributed by atoms with E-state index in [0.717, 1.165) is 23.5 Å². The highest BCUT2D eigenvalue weighted by Crippen LogP contribution is 2.28. The van der Waals surface area contributed by atoms with E-state index >= 15 is 0 Å². The third kappa shape index (κ3) is 4.25. The summed E-state index contributed by atoms with van der Waals surface area (Å²) in [6.07, 6.45) is 0.520. The van der Waals surface area contributed by atoms with E-state index in [0.29, 0.717) is 6.42 Å². The van der Waals surface area contributed by atoms with Gasteiger partial charge in [-0.1, -0.05) is 24.0 Å². The molecular weight excluding hydrogens is 282 g/mol. The monoisotopic (exact) mass is 301 g/mol. The first-order valence-electron chi connectivity index (χ1n) is 6.76. The molecule has 21 heavy (non-hydrogen) atoms. The molecule has 110 valence electrons. The Labute approximate surface area is 129 Å². The van der Waals surface area contributed by atoms with Crippen LogP contribution in [0.25, 0.3) is 0 Å². The summed E-state index contributed by atoms with van der Waals surface area (Å²) in [6, 6.07) is 10.1. The van der Waals surface area contributed by atoms with Crippen LogP contribution in [-0.2, 0) is 6.54 Å². The van der Waals surface area contributed by atoms with Crippen molar-refractivity contribution >= 4 is 17.0 Å². The van der Waals surface area contributed by atoms with E-state index in [9.17, 15) is 0 Å². The summed E-state index contributed by atoms with van der Waals surface area (Å²) in [6.45, 7) is 0.924. The predicted molar refractivity (Wildman–Crippen MR) is 88.0 cm³/mol. The average Bonchev–Trinajstić information content (AvgIpc) is 2.95. The van der Waals surface area contributed by atoms with Gasteiger partial charge in [-0.15, -0.1) is 11.3 Å². The van der Waals surface area contributed by atoms with Crippen LogP contribution in [0.3, 0.4) is 0 Å². The van der Waals surface area contributed by atoms with Crippen molar-refractivity contribution in [1.29, 1.82) is 0 Å². The predicted octanol–water partition coefficient (Wildman–Crippen LogP) is 3.13. The average molecular weight is 301 g/mol. The molecule has 0 aliphatic rings. The first kappa shape index (κ1) is 15.4. The summed E-state index contributed by atoms with van der Waals surface area (Å²) >= 11 is 1.70. The molecule has 0 saturated heterocycles. The van der Waals surface area contributed by atoms with Crippen LogP contribution in [-0.4, -0.2) is 25.9 Å². The highest BCUT2D eigenvalue weighted by molar-refractivity contribution is 7.10. The number of anilines is 1. The van der Waals surface area contributed by atoms with Gasteiger partial charge in [0.1, 0.15) is 5.75 Å². The largest absolute Gasteiger partial charge is 0.495 e. The SMILES string of the molecule is COc1ccccc1N(C)Cc1cc(C#CCCO)cs1. The maximum absolute atomic E-state index is 8.73. The number of benzene rings is 1. The summed E-state index contributed by atoms with van der Waals surface area (Å²) in [5, 5.41) is 10.8. The van der Waals surface area contributed by atoms with E-state index in [1.807, 2.05) is 18.2 Å². The second kappa shape index (κ2) is 7.72. The van der Waals surface area contributed by atoms with E-state index in [1.165, 1.54) is 4.88 Å². The van der Waals surface area contributed by atoms with Crippen molar-refractivity contribution < 1.29 is 9.84 Å². The van der Waals surface area contributed by atoms with Gasteiger partial charge in [0.25, 0.3) is 0 Å². The van der Waals surface area contributed by atoms with E-state index in [1.54, 1.807) is 18.4 Å². The number of methoxy groups -OCH3 is 1. The molecule has 1 N–H and O–H groups in total. The quantitative estimate of drug-likeness (QED) is 0.861. The molecule has 0 saturated carbocycles. The molecule has 0 aliphatic carbocycles. The fourth-order valence-corrected chi connectivity index (χ4v) is 2.88. The van der Waals surface area contributed by atoms with Crippen LogP contribution < -0.4 is 9.64 Å². The highest BCUT2D eigenvalue weighted by atomic mass is 32.1. The molecule has 0 atom stereocenters. The van der Waals surface area contributed by atoms with Crippen molar-refractivity contribution in [3.63, 3.8) is 0 Å². The Morgan fingerprint density at radius 2 is 2.14 bits per heavy atom. The van der Waals surface area contributed by atoms with Crippen molar-refractivity contribution in [3.05, 3.63) is 46.2 Å². The van der Waals surface area contributed by atoms with Gasteiger partial charge in [-0.05, 0) is 18.2 Å². The maximum atomic E-state index is 8.73. The van der Waals surface area contributed by atoms with Gasteiger partial charge < -0.3 is 14.7 Å². The number of ether oxygens (including phenoxy) is 1. The van der Waals surface area contributed by atoms with Gasteiger partial charge >= 0.3 is 0 Å². The standard InChI is InChI=1S/C17H19NO2S/c1-18(16-8-3-4-9-17(16)20-2)12-15-11-14(13-21-15)7-5-6-10-19/h3-4,8-9,11,13,19H,6,10,12H2,1-2H3. The smallest absolute Gasteiger partial charge is 0.142 e. The van der Waals surface area contributed by atoms with Gasteiger partial charge in [0.05, 0.1) is 25.9 Å². The van der Waals surface area contributed by atoms with E-state index in [2.05, 4.69) is 41.3 Å². The number of aliphatic hydroxyl groups excluding tert-OH is 1. The van der Waals surface area contributed by atoms with Crippen LogP contribution in [0.5, 0.6) is 5.75 Å². The zero-order valence-electron chi connectivity index (χ0n) is 12.3. The Hall–Kier alpha value is -1.96. The van der Waals surface area contributed by atoms with Crippen LogP contribution in [0.15, 0.2) is 35.7 Å². The number of hydrogen-bond donors (Lipinski definition) is 1. The summed E-state index contributed by atoms with van der Waals surface area (Å²) < 4.78 is 5.39. The number of hydrogen-bond acceptors (Lipinski definition) is 4. The Morgan fingerprint density at radius 3 is 2.90 bits per heavy atom. The zero-order chi connectivity index (χ0) is 15.1. The maximum Gasteiger partial charge on any atom is 0.142 e. The Kier molecular flexibility index (Phi) is 5.68. The molecule has 0 amide bonds. The number of nitrogens with zero attached hydrogens (tertiary/aromatic N) is 1. The lowest BCUT2D eigenvalue weighted by Gasteiger charge is -2.20.